The van der Waals surface area contributed by atoms with E-state index in [-0.39, 0.29) is 11.5 Å². The molecule has 35 heavy (non-hydrogen) atoms. The van der Waals surface area contributed by atoms with Crippen LogP contribution in [0, 0.1) is 0 Å². The maximum absolute atomic E-state index is 12.7. The molecule has 0 aliphatic carbocycles. The third kappa shape index (κ3) is 4.98. The fourth-order valence-corrected chi connectivity index (χ4v) is 5.10. The van der Waals surface area contributed by atoms with Crippen LogP contribution in [0.3, 0.4) is 0 Å². The molecule has 1 aromatic heterocycles. The lowest BCUT2D eigenvalue weighted by atomic mass is 10.1. The van der Waals surface area contributed by atoms with Crippen LogP contribution in [0.25, 0.3) is 17.0 Å². The van der Waals surface area contributed by atoms with E-state index in [1.807, 2.05) is 48.7 Å². The molecule has 1 amide bonds. The molecule has 0 atom stereocenters. The van der Waals surface area contributed by atoms with E-state index in [9.17, 15) is 14.7 Å². The van der Waals surface area contributed by atoms with Gasteiger partial charge in [-0.1, -0.05) is 53.5 Å². The SMILES string of the molecule is O=C1NC(=Nc2cccc(C(=O)O)c2)S/C1=C\c1cn(Cc2ccc(Cl)cc2Cl)c2ccccc12. The number of hydrogen-bond donors (Lipinski definition) is 2. The number of carboxylic acid groups (broad SMARTS) is 1. The van der Waals surface area contributed by atoms with Gasteiger partial charge >= 0.3 is 5.97 Å². The van der Waals surface area contributed by atoms with Gasteiger partial charge in [0, 0.05) is 39.3 Å². The van der Waals surface area contributed by atoms with Crippen LogP contribution in [0.2, 0.25) is 10.0 Å². The second-order valence-electron chi connectivity index (χ2n) is 7.80. The maximum Gasteiger partial charge on any atom is 0.335 e. The molecule has 4 aromatic rings. The number of carbonyl (C=O) groups is 2. The molecule has 174 valence electrons. The molecule has 5 rings (SSSR count). The van der Waals surface area contributed by atoms with E-state index in [4.69, 9.17) is 23.2 Å². The Balaban J connectivity index is 1.46. The van der Waals surface area contributed by atoms with E-state index in [0.29, 0.717) is 32.4 Å². The van der Waals surface area contributed by atoms with Crippen LogP contribution >= 0.6 is 35.0 Å². The molecule has 1 fully saturated rings. The first-order valence-corrected chi connectivity index (χ1v) is 12.1. The highest BCUT2D eigenvalue weighted by Gasteiger charge is 2.24. The highest BCUT2D eigenvalue weighted by atomic mass is 35.5. The average molecular weight is 522 g/mol. The molecule has 1 saturated heterocycles. The van der Waals surface area contributed by atoms with E-state index in [1.165, 1.54) is 23.9 Å². The fraction of sp³-hybridized carbons (Fsp3) is 0.0385. The van der Waals surface area contributed by atoms with E-state index in [2.05, 4.69) is 14.9 Å². The van der Waals surface area contributed by atoms with Crippen molar-refractivity contribution in [1.82, 2.24) is 9.88 Å². The largest absolute Gasteiger partial charge is 0.478 e. The number of thioether (sulfide) groups is 1. The molecule has 9 heteroatoms. The molecule has 0 bridgehead atoms. The number of aromatic carboxylic acids is 1. The van der Waals surface area contributed by atoms with Gasteiger partial charge in [0.15, 0.2) is 5.17 Å². The summed E-state index contributed by atoms with van der Waals surface area (Å²) in [6, 6.07) is 19.6. The third-order valence-corrected chi connectivity index (χ3v) is 6.93. The number of amidine groups is 1. The first-order valence-electron chi connectivity index (χ1n) is 10.5. The summed E-state index contributed by atoms with van der Waals surface area (Å²) in [5.41, 5.74) is 3.41. The van der Waals surface area contributed by atoms with Crippen molar-refractivity contribution in [3.63, 3.8) is 0 Å². The molecule has 0 spiro atoms. The molecule has 0 saturated carbocycles. The summed E-state index contributed by atoms with van der Waals surface area (Å²) >= 11 is 13.6. The summed E-state index contributed by atoms with van der Waals surface area (Å²) in [5.74, 6) is -1.30. The second kappa shape index (κ2) is 9.62. The highest BCUT2D eigenvalue weighted by molar-refractivity contribution is 8.18. The lowest BCUT2D eigenvalue weighted by molar-refractivity contribution is -0.115. The number of carboxylic acids is 1. The Labute approximate surface area is 214 Å². The third-order valence-electron chi connectivity index (χ3n) is 5.44. The Morgan fingerprint density at radius 1 is 1.09 bits per heavy atom. The normalized spacial score (nSPS) is 15.8. The van der Waals surface area contributed by atoms with E-state index in [0.717, 1.165) is 22.0 Å². The zero-order valence-electron chi connectivity index (χ0n) is 18.0. The number of halogens is 2. The Bertz CT molecular complexity index is 1560. The molecule has 1 aliphatic rings. The van der Waals surface area contributed by atoms with Crippen LogP contribution in [0.1, 0.15) is 21.5 Å². The van der Waals surface area contributed by atoms with Crippen LogP contribution in [-0.2, 0) is 11.3 Å². The number of nitrogens with zero attached hydrogens (tertiary/aromatic N) is 2. The highest BCUT2D eigenvalue weighted by Crippen LogP contribution is 2.32. The quantitative estimate of drug-likeness (QED) is 0.290. The van der Waals surface area contributed by atoms with Crippen LogP contribution in [0.5, 0.6) is 0 Å². The maximum atomic E-state index is 12.7. The zero-order chi connectivity index (χ0) is 24.5. The van der Waals surface area contributed by atoms with E-state index in [1.54, 1.807) is 18.2 Å². The average Bonchev–Trinajstić information content (AvgIpc) is 3.35. The molecule has 2 heterocycles. The molecule has 2 N–H and O–H groups in total. The minimum Gasteiger partial charge on any atom is -0.478 e. The molecular formula is C26H17Cl2N3O3S. The topological polar surface area (TPSA) is 83.7 Å². The zero-order valence-corrected chi connectivity index (χ0v) is 20.4. The number of fused-ring (bicyclic) bond motifs is 1. The summed E-state index contributed by atoms with van der Waals surface area (Å²) in [6.07, 6.45) is 3.82. The number of amides is 1. The van der Waals surface area contributed by atoms with Gasteiger partial charge in [-0.3, -0.25) is 4.79 Å². The lowest BCUT2D eigenvalue weighted by Crippen LogP contribution is -2.19. The Morgan fingerprint density at radius 2 is 1.91 bits per heavy atom. The summed E-state index contributed by atoms with van der Waals surface area (Å²) < 4.78 is 2.08. The van der Waals surface area contributed by atoms with Crippen molar-refractivity contribution in [2.75, 3.05) is 0 Å². The number of para-hydroxylation sites is 1. The van der Waals surface area contributed by atoms with Crippen molar-refractivity contribution >= 4 is 74.7 Å². The van der Waals surface area contributed by atoms with Crippen LogP contribution in [0.15, 0.2) is 82.8 Å². The van der Waals surface area contributed by atoms with Gasteiger partial charge in [-0.25, -0.2) is 9.79 Å². The molecule has 0 radical (unpaired) electrons. The first kappa shape index (κ1) is 23.2. The Kier molecular flexibility index (Phi) is 6.38. The number of aliphatic imine (C=N–C) groups is 1. The van der Waals surface area contributed by atoms with Gasteiger partial charge in [-0.05, 0) is 59.8 Å². The monoisotopic (exact) mass is 521 g/mol. The smallest absolute Gasteiger partial charge is 0.335 e. The van der Waals surface area contributed by atoms with Gasteiger partial charge in [0.05, 0.1) is 16.2 Å². The summed E-state index contributed by atoms with van der Waals surface area (Å²) in [6.45, 7) is 0.547. The van der Waals surface area contributed by atoms with Gasteiger partial charge in [0.1, 0.15) is 0 Å². The fourth-order valence-electron chi connectivity index (χ4n) is 3.80. The molecule has 3 aromatic carbocycles. The van der Waals surface area contributed by atoms with Gasteiger partial charge in [-0.15, -0.1) is 0 Å². The number of benzene rings is 3. The van der Waals surface area contributed by atoms with Gasteiger partial charge in [0.2, 0.25) is 0 Å². The van der Waals surface area contributed by atoms with Crippen molar-refractivity contribution in [2.24, 2.45) is 4.99 Å². The van der Waals surface area contributed by atoms with E-state index >= 15 is 0 Å². The lowest BCUT2D eigenvalue weighted by Gasteiger charge is -2.08. The predicted octanol–water partition coefficient (Wildman–Crippen LogP) is 6.59. The summed E-state index contributed by atoms with van der Waals surface area (Å²) in [5, 5.41) is 14.5. The Morgan fingerprint density at radius 3 is 2.71 bits per heavy atom. The minimum atomic E-state index is -1.04. The van der Waals surface area contributed by atoms with Gasteiger partial charge in [-0.2, -0.15) is 0 Å². The number of carbonyl (C=O) groups excluding carboxylic acids is 1. The number of hydrogen-bond acceptors (Lipinski definition) is 4. The molecular weight excluding hydrogens is 505 g/mol. The molecule has 0 unspecified atom stereocenters. The summed E-state index contributed by atoms with van der Waals surface area (Å²) in [4.78, 5) is 28.7. The van der Waals surface area contributed by atoms with Crippen molar-refractivity contribution in [1.29, 1.82) is 0 Å². The predicted molar refractivity (Wildman–Crippen MR) is 142 cm³/mol. The van der Waals surface area contributed by atoms with Crippen molar-refractivity contribution < 1.29 is 14.7 Å². The van der Waals surface area contributed by atoms with Crippen molar-refractivity contribution in [2.45, 2.75) is 6.54 Å². The van der Waals surface area contributed by atoms with E-state index < -0.39 is 5.97 Å². The standard InChI is InChI=1S/C26H17Cl2N3O3S/c27-18-9-8-16(21(28)12-18)13-31-14-17(20-6-1-2-7-22(20)31)11-23-24(32)30-26(35-23)29-19-5-3-4-15(10-19)25(33)34/h1-12,14H,13H2,(H,33,34)(H,29,30,32)/b23-11-. The van der Waals surface area contributed by atoms with Crippen LogP contribution in [0.4, 0.5) is 5.69 Å². The van der Waals surface area contributed by atoms with Gasteiger partial charge < -0.3 is 15.0 Å². The van der Waals surface area contributed by atoms with Crippen molar-refractivity contribution in [3.05, 3.63) is 105 Å². The number of nitrogens with one attached hydrogen (secondary N) is 1. The first-order chi connectivity index (χ1) is 16.9. The molecule has 6 nitrogen and oxygen atoms in total. The van der Waals surface area contributed by atoms with Crippen LogP contribution in [-0.4, -0.2) is 26.7 Å². The number of aromatic nitrogens is 1. The number of rotatable bonds is 5. The van der Waals surface area contributed by atoms with Crippen molar-refractivity contribution in [3.8, 4) is 0 Å². The van der Waals surface area contributed by atoms with Crippen LogP contribution < -0.4 is 5.32 Å². The summed E-state index contributed by atoms with van der Waals surface area (Å²) in [7, 11) is 0. The second-order valence-corrected chi connectivity index (χ2v) is 9.68. The Hall–Kier alpha value is -3.52. The minimum absolute atomic E-state index is 0.130. The van der Waals surface area contributed by atoms with Gasteiger partial charge in [0.25, 0.3) is 5.91 Å². The molecule has 1 aliphatic heterocycles.